The smallest absolute Gasteiger partial charge is 0.302 e. The molecule has 8 heteroatoms. The fourth-order valence-corrected chi connectivity index (χ4v) is 3.95. The number of ether oxygens (including phenoxy) is 1. The normalized spacial score (nSPS) is 14.8. The number of carbonyl (C=O) groups excluding carboxylic acids is 3. The summed E-state index contributed by atoms with van der Waals surface area (Å²) >= 11 is 0. The molecule has 2 heterocycles. The van der Waals surface area contributed by atoms with Crippen molar-refractivity contribution in [3.8, 4) is 23.0 Å². The number of amides is 2. The summed E-state index contributed by atoms with van der Waals surface area (Å²) in [5.74, 6) is -1.60. The van der Waals surface area contributed by atoms with Crippen LogP contribution in [0, 0.1) is 11.3 Å². The van der Waals surface area contributed by atoms with Gasteiger partial charge in [0.25, 0.3) is 11.8 Å². The summed E-state index contributed by atoms with van der Waals surface area (Å²) in [6.45, 7) is 2.98. The molecule has 1 aliphatic rings. The fourth-order valence-electron chi connectivity index (χ4n) is 3.95. The first-order valence-corrected chi connectivity index (χ1v) is 11.4. The van der Waals surface area contributed by atoms with E-state index >= 15 is 0 Å². The van der Waals surface area contributed by atoms with Gasteiger partial charge in [0.1, 0.15) is 11.6 Å². The largest absolute Gasteiger partial charge is 0.466 e. The van der Waals surface area contributed by atoms with Crippen LogP contribution in [0.25, 0.3) is 23.0 Å². The molecule has 0 unspecified atom stereocenters. The van der Waals surface area contributed by atoms with Gasteiger partial charge in [-0.05, 0) is 37.1 Å². The summed E-state index contributed by atoms with van der Waals surface area (Å²) in [5.41, 5.74) is 3.49. The van der Waals surface area contributed by atoms with Crippen molar-refractivity contribution in [1.29, 1.82) is 5.26 Å². The molecule has 0 saturated heterocycles. The van der Waals surface area contributed by atoms with Crippen LogP contribution in [0.4, 0.5) is 0 Å². The lowest BCUT2D eigenvalue weighted by molar-refractivity contribution is -0.141. The van der Waals surface area contributed by atoms with E-state index in [1.807, 2.05) is 72.9 Å². The molecule has 1 aliphatic heterocycles. The topological polar surface area (TPSA) is 105 Å². The predicted molar refractivity (Wildman–Crippen MR) is 133 cm³/mol. The summed E-state index contributed by atoms with van der Waals surface area (Å²) in [6.07, 6.45) is 3.76. The molecule has 4 rings (SSSR count). The Morgan fingerprint density at radius 1 is 1.06 bits per heavy atom. The van der Waals surface area contributed by atoms with Crippen molar-refractivity contribution in [3.05, 3.63) is 89.1 Å². The molecule has 0 bridgehead atoms. The number of para-hydroxylation sites is 1. The molecule has 0 N–H and O–H groups in total. The number of aromatic nitrogens is 2. The number of rotatable bonds is 7. The third-order valence-corrected chi connectivity index (χ3v) is 5.77. The highest BCUT2D eigenvalue weighted by molar-refractivity contribution is 6.19. The summed E-state index contributed by atoms with van der Waals surface area (Å²) < 4.78 is 6.65. The van der Waals surface area contributed by atoms with E-state index in [0.717, 1.165) is 16.2 Å². The van der Waals surface area contributed by atoms with Crippen LogP contribution in [0.1, 0.15) is 25.8 Å². The second-order valence-electron chi connectivity index (χ2n) is 8.20. The molecule has 0 aliphatic carbocycles. The quantitative estimate of drug-likeness (QED) is 0.218. The lowest BCUT2D eigenvalue weighted by Gasteiger charge is -2.27. The average Bonchev–Trinajstić information content (AvgIpc) is 3.31. The Morgan fingerprint density at radius 2 is 1.72 bits per heavy atom. The van der Waals surface area contributed by atoms with Gasteiger partial charge in [-0.15, -0.1) is 0 Å². The molecule has 2 aromatic carbocycles. The second-order valence-corrected chi connectivity index (χ2v) is 8.20. The van der Waals surface area contributed by atoms with Crippen LogP contribution < -0.4 is 0 Å². The molecule has 0 spiro atoms. The Bertz CT molecular complexity index is 1410. The van der Waals surface area contributed by atoms with Gasteiger partial charge in [-0.2, -0.15) is 10.4 Å². The first-order chi connectivity index (χ1) is 17.4. The Kier molecular flexibility index (Phi) is 7.21. The predicted octanol–water partition coefficient (Wildman–Crippen LogP) is 4.08. The number of carbonyl (C=O) groups is 3. The van der Waals surface area contributed by atoms with Gasteiger partial charge in [-0.25, -0.2) is 4.68 Å². The molecule has 180 valence electrons. The molecular formula is C28H24N4O4. The molecule has 8 nitrogen and oxygen atoms in total. The fraction of sp³-hybridized carbons (Fsp3) is 0.179. The molecule has 3 aromatic rings. The van der Waals surface area contributed by atoms with Crippen molar-refractivity contribution in [2.75, 3.05) is 13.2 Å². The number of benzene rings is 2. The van der Waals surface area contributed by atoms with Crippen molar-refractivity contribution in [2.24, 2.45) is 0 Å². The molecule has 1 aromatic heterocycles. The molecule has 2 amide bonds. The van der Waals surface area contributed by atoms with Gasteiger partial charge in [0.05, 0.1) is 18.0 Å². The van der Waals surface area contributed by atoms with Crippen LogP contribution in [0.3, 0.4) is 0 Å². The van der Waals surface area contributed by atoms with E-state index in [9.17, 15) is 19.6 Å². The Morgan fingerprint density at radius 3 is 2.36 bits per heavy atom. The zero-order valence-electron chi connectivity index (χ0n) is 20.0. The summed E-state index contributed by atoms with van der Waals surface area (Å²) in [6, 6.07) is 21.1. The van der Waals surface area contributed by atoms with Crippen molar-refractivity contribution in [2.45, 2.75) is 20.3 Å². The van der Waals surface area contributed by atoms with Crippen molar-refractivity contribution in [3.63, 3.8) is 0 Å². The van der Waals surface area contributed by atoms with Gasteiger partial charge < -0.3 is 4.74 Å². The summed E-state index contributed by atoms with van der Waals surface area (Å²) in [7, 11) is 0. The number of esters is 1. The molecule has 0 fully saturated rings. The van der Waals surface area contributed by atoms with Gasteiger partial charge >= 0.3 is 5.97 Å². The van der Waals surface area contributed by atoms with Gasteiger partial charge in [-0.3, -0.25) is 19.3 Å². The zero-order chi connectivity index (χ0) is 25.7. The SMILES string of the molecule is CC(=O)OCCCN1C(=O)C(C#N)=C(C)/C(=C\c2cn(-c3ccccc3)nc2-c2ccccc2)C1=O. The van der Waals surface area contributed by atoms with Crippen LogP contribution >= 0.6 is 0 Å². The number of imide groups is 1. The standard InChI is InChI=1S/C28H24N4O4/c1-19-24(27(34)31(28(35)25(19)17-29)14-9-15-36-20(2)33)16-22-18-32(23-12-7-4-8-13-23)30-26(22)21-10-5-3-6-11-21/h3-8,10-13,16,18H,9,14-15H2,1-2H3/b24-16+. The van der Waals surface area contributed by atoms with Gasteiger partial charge in [0, 0.05) is 36.4 Å². The maximum absolute atomic E-state index is 13.4. The van der Waals surface area contributed by atoms with Crippen molar-refractivity contribution < 1.29 is 19.1 Å². The van der Waals surface area contributed by atoms with Gasteiger partial charge in [0.15, 0.2) is 0 Å². The lowest BCUT2D eigenvalue weighted by Crippen LogP contribution is -2.43. The molecule has 0 saturated carbocycles. The van der Waals surface area contributed by atoms with Gasteiger partial charge in [-0.1, -0.05) is 48.5 Å². The number of nitrogens with zero attached hydrogens (tertiary/aromatic N) is 4. The first kappa shape index (κ1) is 24.4. The van der Waals surface area contributed by atoms with E-state index in [2.05, 4.69) is 0 Å². The molecular weight excluding hydrogens is 456 g/mol. The van der Waals surface area contributed by atoms with Crippen molar-refractivity contribution >= 4 is 23.9 Å². The maximum atomic E-state index is 13.4. The maximum Gasteiger partial charge on any atom is 0.302 e. The third kappa shape index (κ3) is 5.00. The van der Waals surface area contributed by atoms with E-state index in [4.69, 9.17) is 9.84 Å². The molecule has 0 radical (unpaired) electrons. The molecule has 36 heavy (non-hydrogen) atoms. The monoisotopic (exact) mass is 480 g/mol. The number of hydrogen-bond donors (Lipinski definition) is 0. The van der Waals surface area contributed by atoms with Crippen LogP contribution in [-0.4, -0.2) is 45.6 Å². The average molecular weight is 481 g/mol. The Hall–Kier alpha value is -4.77. The second kappa shape index (κ2) is 10.7. The minimum Gasteiger partial charge on any atom is -0.466 e. The van der Waals surface area contributed by atoms with E-state index in [0.29, 0.717) is 16.8 Å². The van der Waals surface area contributed by atoms with Gasteiger partial charge in [0.2, 0.25) is 0 Å². The Balaban J connectivity index is 1.78. The minimum absolute atomic E-state index is 0.0234. The van der Waals surface area contributed by atoms with E-state index < -0.39 is 17.8 Å². The van der Waals surface area contributed by atoms with Crippen LogP contribution in [0.15, 0.2) is 83.6 Å². The van der Waals surface area contributed by atoms with E-state index in [1.165, 1.54) is 6.92 Å². The Labute approximate surface area is 208 Å². The number of nitriles is 1. The summed E-state index contributed by atoms with van der Waals surface area (Å²) in [5, 5.41) is 14.4. The number of hydrogen-bond acceptors (Lipinski definition) is 6. The first-order valence-electron chi connectivity index (χ1n) is 11.4. The highest BCUT2D eigenvalue weighted by Crippen LogP contribution is 2.31. The van der Waals surface area contributed by atoms with Crippen molar-refractivity contribution in [1.82, 2.24) is 14.7 Å². The van der Waals surface area contributed by atoms with Crippen LogP contribution in [0.5, 0.6) is 0 Å². The third-order valence-electron chi connectivity index (χ3n) is 5.77. The van der Waals surface area contributed by atoms with Crippen LogP contribution in [0.2, 0.25) is 0 Å². The lowest BCUT2D eigenvalue weighted by atomic mass is 9.93. The highest BCUT2D eigenvalue weighted by atomic mass is 16.5. The van der Waals surface area contributed by atoms with Crippen LogP contribution in [-0.2, 0) is 19.1 Å². The summed E-state index contributed by atoms with van der Waals surface area (Å²) in [4.78, 5) is 38.3. The highest BCUT2D eigenvalue weighted by Gasteiger charge is 2.35. The zero-order valence-corrected chi connectivity index (χ0v) is 20.0. The molecule has 0 atom stereocenters. The minimum atomic E-state index is -0.650. The van der Waals surface area contributed by atoms with E-state index in [1.54, 1.807) is 17.7 Å². The van der Waals surface area contributed by atoms with E-state index in [-0.39, 0.29) is 30.7 Å².